The number of carboxylic acid groups (broad SMARTS) is 1. The Hall–Kier alpha value is 1.11. The van der Waals surface area contributed by atoms with E-state index in [1.165, 1.54) is 6.42 Å². The molecule has 56 valence electrons. The van der Waals surface area contributed by atoms with Gasteiger partial charge in [-0.3, -0.25) is 4.79 Å². The quantitative estimate of drug-likeness (QED) is 0.500. The summed E-state index contributed by atoms with van der Waals surface area (Å²) in [4.78, 5) is 9.96. The molecule has 0 amide bonds. The maximum atomic E-state index is 9.96. The number of hydrogen-bond donors (Lipinski definition) is 1. The molecular weight excluding hydrogens is 155 g/mol. The van der Waals surface area contributed by atoms with E-state index in [2.05, 4.69) is 6.92 Å². The van der Waals surface area contributed by atoms with Crippen LogP contribution in [0.25, 0.3) is 0 Å². The normalized spacial score (nSPS) is 8.50. The number of unbranched alkanes of at least 4 members (excludes halogenated alkanes) is 3. The van der Waals surface area contributed by atoms with E-state index in [4.69, 9.17) is 5.11 Å². The molecule has 10 heavy (non-hydrogen) atoms. The van der Waals surface area contributed by atoms with Crippen molar-refractivity contribution in [3.05, 3.63) is 0 Å². The molecule has 0 aliphatic rings. The third kappa shape index (κ3) is 11.8. The molecule has 0 unspecified atom stereocenters. The van der Waals surface area contributed by atoms with Gasteiger partial charge >= 0.3 is 57.4 Å². The molecule has 0 bridgehead atoms. The predicted octanol–water partition coefficient (Wildman–Crippen LogP) is 1.39. The van der Waals surface area contributed by atoms with Crippen LogP contribution in [-0.2, 0) is 4.79 Å². The standard InChI is InChI=1S/C7H14O2.K.H/c1-2-3-4-5-6-7(8)9;;/h2-6H2,1H3,(H,8,9);;. The van der Waals surface area contributed by atoms with Crippen LogP contribution < -0.4 is 0 Å². The van der Waals surface area contributed by atoms with Gasteiger partial charge in [0, 0.05) is 6.42 Å². The second-order valence-corrected chi connectivity index (χ2v) is 2.20. The van der Waals surface area contributed by atoms with Crippen LogP contribution in [0.5, 0.6) is 0 Å². The van der Waals surface area contributed by atoms with E-state index in [1.807, 2.05) is 0 Å². The fourth-order valence-electron chi connectivity index (χ4n) is 0.703. The Morgan fingerprint density at radius 2 is 1.90 bits per heavy atom. The zero-order chi connectivity index (χ0) is 7.11. The molecule has 0 saturated carbocycles. The van der Waals surface area contributed by atoms with Crippen LogP contribution in [0.2, 0.25) is 0 Å². The number of rotatable bonds is 5. The average molecular weight is 170 g/mol. The van der Waals surface area contributed by atoms with Gasteiger partial charge in [-0.25, -0.2) is 0 Å². The van der Waals surface area contributed by atoms with Gasteiger partial charge in [-0.05, 0) is 6.42 Å². The van der Waals surface area contributed by atoms with Gasteiger partial charge in [0.2, 0.25) is 0 Å². The second kappa shape index (κ2) is 10.1. The fourth-order valence-corrected chi connectivity index (χ4v) is 0.703. The van der Waals surface area contributed by atoms with Crippen molar-refractivity contribution in [2.45, 2.75) is 39.0 Å². The van der Waals surface area contributed by atoms with E-state index < -0.39 is 5.97 Å². The van der Waals surface area contributed by atoms with E-state index in [-0.39, 0.29) is 51.4 Å². The SMILES string of the molecule is CCCCCCC(=O)O.[KH]. The Bertz CT molecular complexity index is 83.7. The van der Waals surface area contributed by atoms with Gasteiger partial charge in [-0.15, -0.1) is 0 Å². The van der Waals surface area contributed by atoms with Crippen molar-refractivity contribution in [1.82, 2.24) is 0 Å². The summed E-state index contributed by atoms with van der Waals surface area (Å²) < 4.78 is 0. The molecule has 0 radical (unpaired) electrons. The van der Waals surface area contributed by atoms with Gasteiger partial charge in [-0.1, -0.05) is 26.2 Å². The Labute approximate surface area is 105 Å². The van der Waals surface area contributed by atoms with Crippen LogP contribution in [0.3, 0.4) is 0 Å². The van der Waals surface area contributed by atoms with E-state index in [0.717, 1.165) is 19.3 Å². The zero-order valence-electron chi connectivity index (χ0n) is 5.89. The van der Waals surface area contributed by atoms with Crippen molar-refractivity contribution in [1.29, 1.82) is 0 Å². The molecule has 0 aliphatic heterocycles. The van der Waals surface area contributed by atoms with Crippen LogP contribution in [0.1, 0.15) is 39.0 Å². The molecule has 2 nitrogen and oxygen atoms in total. The fraction of sp³-hybridized carbons (Fsp3) is 0.857. The minimum atomic E-state index is -0.675. The molecule has 3 heteroatoms. The summed E-state index contributed by atoms with van der Waals surface area (Å²) in [5.74, 6) is -0.675. The van der Waals surface area contributed by atoms with Crippen molar-refractivity contribution in [3.8, 4) is 0 Å². The van der Waals surface area contributed by atoms with E-state index >= 15 is 0 Å². The van der Waals surface area contributed by atoms with Crippen LogP contribution >= 0.6 is 0 Å². The molecule has 0 atom stereocenters. The van der Waals surface area contributed by atoms with Gasteiger partial charge in [0.05, 0.1) is 0 Å². The minimum absolute atomic E-state index is 0. The molecule has 0 spiro atoms. The zero-order valence-corrected chi connectivity index (χ0v) is 5.89. The summed E-state index contributed by atoms with van der Waals surface area (Å²) in [6, 6.07) is 0. The number of aliphatic carboxylic acids is 1. The monoisotopic (exact) mass is 170 g/mol. The van der Waals surface area contributed by atoms with Crippen molar-refractivity contribution in [3.63, 3.8) is 0 Å². The Kier molecular flexibility index (Phi) is 13.8. The molecule has 0 aliphatic carbocycles. The molecule has 0 saturated heterocycles. The summed E-state index contributed by atoms with van der Waals surface area (Å²) >= 11 is 0. The first kappa shape index (κ1) is 13.7. The maximum absolute atomic E-state index is 9.96. The average Bonchev–Trinajstić information content (AvgIpc) is 1.80. The van der Waals surface area contributed by atoms with Gasteiger partial charge in [0.25, 0.3) is 0 Å². The molecule has 0 aromatic carbocycles. The summed E-state index contributed by atoms with van der Waals surface area (Å²) in [6.07, 6.45) is 4.55. The predicted molar refractivity (Wildman–Crippen MR) is 43.5 cm³/mol. The van der Waals surface area contributed by atoms with Gasteiger partial charge in [0.1, 0.15) is 0 Å². The number of carboxylic acids is 1. The first-order valence-electron chi connectivity index (χ1n) is 3.49. The van der Waals surface area contributed by atoms with E-state index in [0.29, 0.717) is 6.42 Å². The van der Waals surface area contributed by atoms with Crippen LogP contribution in [0, 0.1) is 0 Å². The Balaban J connectivity index is 0. The molecule has 1 N–H and O–H groups in total. The summed E-state index contributed by atoms with van der Waals surface area (Å²) in [6.45, 7) is 2.11. The van der Waals surface area contributed by atoms with Gasteiger partial charge in [0.15, 0.2) is 0 Å². The van der Waals surface area contributed by atoms with Crippen molar-refractivity contribution in [2.75, 3.05) is 0 Å². The third-order valence-corrected chi connectivity index (χ3v) is 1.24. The molecule has 0 aromatic heterocycles. The first-order valence-corrected chi connectivity index (χ1v) is 3.49. The molecule has 0 fully saturated rings. The molecule has 0 heterocycles. The topological polar surface area (TPSA) is 37.3 Å². The Morgan fingerprint density at radius 3 is 2.30 bits per heavy atom. The number of hydrogen-bond acceptors (Lipinski definition) is 1. The van der Waals surface area contributed by atoms with Gasteiger partial charge < -0.3 is 5.11 Å². The summed E-state index contributed by atoms with van der Waals surface area (Å²) in [5.41, 5.74) is 0. The summed E-state index contributed by atoms with van der Waals surface area (Å²) in [5, 5.41) is 8.21. The first-order chi connectivity index (χ1) is 4.27. The van der Waals surface area contributed by atoms with E-state index in [1.54, 1.807) is 0 Å². The Morgan fingerprint density at radius 1 is 1.30 bits per heavy atom. The summed E-state index contributed by atoms with van der Waals surface area (Å²) in [7, 11) is 0. The van der Waals surface area contributed by atoms with Crippen LogP contribution in [0.15, 0.2) is 0 Å². The van der Waals surface area contributed by atoms with Crippen LogP contribution in [0.4, 0.5) is 0 Å². The van der Waals surface area contributed by atoms with Crippen molar-refractivity contribution >= 4 is 57.4 Å². The van der Waals surface area contributed by atoms with E-state index in [9.17, 15) is 4.79 Å². The molecule has 0 rings (SSSR count). The van der Waals surface area contributed by atoms with Crippen molar-refractivity contribution < 1.29 is 9.90 Å². The third-order valence-electron chi connectivity index (χ3n) is 1.24. The molecule has 0 aromatic rings. The van der Waals surface area contributed by atoms with Crippen molar-refractivity contribution in [2.24, 2.45) is 0 Å². The second-order valence-electron chi connectivity index (χ2n) is 2.20. The van der Waals surface area contributed by atoms with Gasteiger partial charge in [-0.2, -0.15) is 0 Å². The number of carbonyl (C=O) groups is 1. The molecular formula is C7H15KO2. The van der Waals surface area contributed by atoms with Crippen LogP contribution in [-0.4, -0.2) is 62.5 Å².